The molecule has 6 heterocycles. The Morgan fingerprint density at radius 1 is 0.281 bits per heavy atom. The van der Waals surface area contributed by atoms with Gasteiger partial charge in [-0.15, -0.1) is 0 Å². The molecular formula is C60H42N4. The van der Waals surface area contributed by atoms with Crippen LogP contribution in [0.15, 0.2) is 170 Å². The molecule has 15 rings (SSSR count). The van der Waals surface area contributed by atoms with E-state index in [0.717, 1.165) is 0 Å². The van der Waals surface area contributed by atoms with Gasteiger partial charge in [-0.3, -0.25) is 0 Å². The van der Waals surface area contributed by atoms with E-state index in [1.807, 2.05) is 0 Å². The van der Waals surface area contributed by atoms with Crippen LogP contribution in [0.1, 0.15) is 50.7 Å². The second-order valence-electron chi connectivity index (χ2n) is 18.8. The maximum atomic E-state index is 2.68. The van der Waals surface area contributed by atoms with Crippen molar-refractivity contribution in [3.63, 3.8) is 0 Å². The van der Waals surface area contributed by atoms with Crippen molar-refractivity contribution in [2.24, 2.45) is 0 Å². The molecule has 64 heavy (non-hydrogen) atoms. The van der Waals surface area contributed by atoms with Crippen LogP contribution in [0.2, 0.25) is 0 Å². The summed E-state index contributed by atoms with van der Waals surface area (Å²) in [7, 11) is 0. The number of hydrogen-bond donors (Lipinski definition) is 0. The summed E-state index contributed by atoms with van der Waals surface area (Å²) in [6.45, 7) is 9.65. The van der Waals surface area contributed by atoms with Gasteiger partial charge in [-0.25, -0.2) is 0 Å². The van der Waals surface area contributed by atoms with Crippen molar-refractivity contribution in [1.82, 2.24) is 17.9 Å². The topological polar surface area (TPSA) is 18.7 Å². The SMILES string of the molecule is CC(C)c1c2c3cccc4c5cc6c7ccccc7n(-c7ccccc7)c6cc5n(c2c(C(C)C)c2c5cccc6c7cc8c9ccccc9n(-c9ccccc9)c8cc7n(c12)c65)c43. The average molecular weight is 819 g/mol. The zero-order valence-corrected chi connectivity index (χ0v) is 36.1. The van der Waals surface area contributed by atoms with Crippen LogP contribution in [0.5, 0.6) is 0 Å². The molecule has 4 heteroatoms. The Hall–Kier alpha value is -7.82. The van der Waals surface area contributed by atoms with Crippen LogP contribution in [-0.2, 0) is 0 Å². The number of nitrogens with zero attached hydrogens (tertiary/aromatic N) is 4. The molecule has 0 unspecified atom stereocenters. The Balaban J connectivity index is 1.17. The molecule has 0 fully saturated rings. The maximum Gasteiger partial charge on any atom is 0.0620 e. The van der Waals surface area contributed by atoms with E-state index in [0.29, 0.717) is 0 Å². The first-order valence-electron chi connectivity index (χ1n) is 22.8. The van der Waals surface area contributed by atoms with Gasteiger partial charge < -0.3 is 17.9 Å². The third-order valence-electron chi connectivity index (χ3n) is 14.9. The van der Waals surface area contributed by atoms with Gasteiger partial charge >= 0.3 is 0 Å². The summed E-state index contributed by atoms with van der Waals surface area (Å²) in [5.41, 5.74) is 18.0. The molecule has 15 aromatic rings. The van der Waals surface area contributed by atoms with Crippen molar-refractivity contribution >= 4 is 120 Å². The van der Waals surface area contributed by atoms with E-state index in [-0.39, 0.29) is 11.8 Å². The molecule has 4 nitrogen and oxygen atoms in total. The Morgan fingerprint density at radius 2 is 0.641 bits per heavy atom. The molecule has 0 aliphatic rings. The molecule has 0 aliphatic carbocycles. The highest BCUT2D eigenvalue weighted by Crippen LogP contribution is 2.53. The number of fused-ring (bicyclic) bond motifs is 18. The molecule has 0 amide bonds. The van der Waals surface area contributed by atoms with E-state index in [9.17, 15) is 0 Å². The number of aromatic nitrogens is 4. The lowest BCUT2D eigenvalue weighted by molar-refractivity contribution is 0.869. The van der Waals surface area contributed by atoms with Gasteiger partial charge in [-0.05, 0) is 83.6 Å². The molecule has 0 bridgehead atoms. The molecule has 0 spiro atoms. The summed E-state index contributed by atoms with van der Waals surface area (Å²) in [6, 6.07) is 63.7. The second kappa shape index (κ2) is 12.0. The lowest BCUT2D eigenvalue weighted by atomic mass is 9.87. The van der Waals surface area contributed by atoms with E-state index >= 15 is 0 Å². The highest BCUT2D eigenvalue weighted by atomic mass is 15.0. The van der Waals surface area contributed by atoms with Gasteiger partial charge in [0, 0.05) is 76.0 Å². The van der Waals surface area contributed by atoms with E-state index < -0.39 is 0 Å². The van der Waals surface area contributed by atoms with E-state index in [1.165, 1.54) is 142 Å². The van der Waals surface area contributed by atoms with Gasteiger partial charge in [-0.2, -0.15) is 0 Å². The highest BCUT2D eigenvalue weighted by Gasteiger charge is 2.31. The third-order valence-corrected chi connectivity index (χ3v) is 14.9. The number of benzene rings is 9. The smallest absolute Gasteiger partial charge is 0.0620 e. The first-order chi connectivity index (χ1) is 31.5. The van der Waals surface area contributed by atoms with Crippen molar-refractivity contribution in [2.75, 3.05) is 0 Å². The zero-order chi connectivity index (χ0) is 42.3. The molecule has 0 saturated carbocycles. The van der Waals surface area contributed by atoms with Crippen molar-refractivity contribution in [3.05, 3.63) is 181 Å². The van der Waals surface area contributed by atoms with Crippen molar-refractivity contribution < 1.29 is 0 Å². The fourth-order valence-electron chi connectivity index (χ4n) is 12.5. The first-order valence-corrected chi connectivity index (χ1v) is 22.8. The molecule has 9 aromatic carbocycles. The minimum absolute atomic E-state index is 0.253. The van der Waals surface area contributed by atoms with E-state index in [1.54, 1.807) is 0 Å². The van der Waals surface area contributed by atoms with Crippen molar-refractivity contribution in [1.29, 1.82) is 0 Å². The molecular weight excluding hydrogens is 777 g/mol. The average Bonchev–Trinajstić information content (AvgIpc) is 4.16. The van der Waals surface area contributed by atoms with Crippen LogP contribution in [0.4, 0.5) is 0 Å². The number of hydrogen-bond acceptors (Lipinski definition) is 0. The van der Waals surface area contributed by atoms with Crippen LogP contribution >= 0.6 is 0 Å². The highest BCUT2D eigenvalue weighted by molar-refractivity contribution is 6.33. The minimum Gasteiger partial charge on any atom is -0.309 e. The van der Waals surface area contributed by atoms with Gasteiger partial charge in [0.05, 0.1) is 55.2 Å². The summed E-state index contributed by atoms with van der Waals surface area (Å²) in [4.78, 5) is 0. The summed E-state index contributed by atoms with van der Waals surface area (Å²) in [5.74, 6) is 0.506. The molecule has 0 N–H and O–H groups in total. The Labute approximate surface area is 368 Å². The van der Waals surface area contributed by atoms with Gasteiger partial charge in [0.25, 0.3) is 0 Å². The van der Waals surface area contributed by atoms with Gasteiger partial charge in [-0.1, -0.05) is 137 Å². The van der Waals surface area contributed by atoms with Crippen LogP contribution in [0.3, 0.4) is 0 Å². The fourth-order valence-corrected chi connectivity index (χ4v) is 12.5. The maximum absolute atomic E-state index is 2.68. The van der Waals surface area contributed by atoms with E-state index in [4.69, 9.17) is 0 Å². The molecule has 302 valence electrons. The van der Waals surface area contributed by atoms with Crippen LogP contribution in [0, 0.1) is 0 Å². The van der Waals surface area contributed by atoms with Crippen LogP contribution < -0.4 is 0 Å². The van der Waals surface area contributed by atoms with Crippen molar-refractivity contribution in [3.8, 4) is 11.4 Å². The molecule has 0 radical (unpaired) electrons. The normalized spacial score (nSPS) is 13.0. The number of para-hydroxylation sites is 6. The summed E-state index contributed by atoms with van der Waals surface area (Å²) in [6.07, 6.45) is 0. The standard InChI is InChI=1S/C60H42N4/c1-33(2)53-55-41-25-15-23-39-46-30-44-38-22-12-14-28-48(38)62(36-19-9-6-10-20-36)50(44)32-52(46)64(57(39)41)60(55)54(34(3)4)56-42-26-16-24-40-45-29-43-37-21-11-13-27-47(37)61(35-17-7-5-8-18-35)49(43)31-51(45)63(58(40)42)59(53)56/h5-34H,1-4H3. The molecule has 0 atom stereocenters. The zero-order valence-electron chi connectivity index (χ0n) is 36.1. The lowest BCUT2D eigenvalue weighted by Crippen LogP contribution is -2.01. The first kappa shape index (κ1) is 34.7. The van der Waals surface area contributed by atoms with Crippen LogP contribution in [-0.4, -0.2) is 17.9 Å². The molecule has 6 aromatic heterocycles. The Morgan fingerprint density at radius 3 is 1.06 bits per heavy atom. The van der Waals surface area contributed by atoms with E-state index in [2.05, 4.69) is 215 Å². The minimum atomic E-state index is 0.253. The Bertz CT molecular complexity index is 4170. The van der Waals surface area contributed by atoms with Gasteiger partial charge in [0.2, 0.25) is 0 Å². The Kier molecular flexibility index (Phi) is 6.51. The summed E-state index contributed by atoms with van der Waals surface area (Å²) >= 11 is 0. The van der Waals surface area contributed by atoms with Gasteiger partial charge in [0.15, 0.2) is 0 Å². The lowest BCUT2D eigenvalue weighted by Gasteiger charge is -2.19. The molecule has 0 saturated heterocycles. The quantitative estimate of drug-likeness (QED) is 0.168. The van der Waals surface area contributed by atoms with Gasteiger partial charge in [0.1, 0.15) is 0 Å². The van der Waals surface area contributed by atoms with Crippen molar-refractivity contribution in [2.45, 2.75) is 39.5 Å². The van der Waals surface area contributed by atoms with Crippen LogP contribution in [0.25, 0.3) is 131 Å². The fraction of sp³-hybridized carbons (Fsp3) is 0.100. The summed E-state index contributed by atoms with van der Waals surface area (Å²) in [5, 5.41) is 15.9. The second-order valence-corrected chi connectivity index (χ2v) is 18.8. The summed E-state index contributed by atoms with van der Waals surface area (Å²) < 4.78 is 10.3. The number of rotatable bonds is 4. The largest absolute Gasteiger partial charge is 0.309 e. The predicted molar refractivity (Wildman–Crippen MR) is 273 cm³/mol. The predicted octanol–water partition coefficient (Wildman–Crippen LogP) is 16.4. The third kappa shape index (κ3) is 4.06. The monoisotopic (exact) mass is 818 g/mol. The molecule has 0 aliphatic heterocycles.